The third-order valence-corrected chi connectivity index (χ3v) is 12.2. The van der Waals surface area contributed by atoms with E-state index in [1.54, 1.807) is 6.92 Å². The fraction of sp³-hybridized carbons (Fsp3) is 0.867. The molecule has 0 N–H and O–H groups in total. The lowest BCUT2D eigenvalue weighted by atomic mass is 9.65. The molecular formula is C30H40O8. The van der Waals surface area contributed by atoms with Gasteiger partial charge in [-0.1, -0.05) is 20.8 Å². The third kappa shape index (κ3) is 3.33. The predicted molar refractivity (Wildman–Crippen MR) is 132 cm³/mol. The molecule has 0 aromatic carbocycles. The van der Waals surface area contributed by atoms with Gasteiger partial charge < -0.3 is 18.9 Å². The third-order valence-electron chi connectivity index (χ3n) is 12.2. The molecule has 0 aromatic heterocycles. The summed E-state index contributed by atoms with van der Waals surface area (Å²) in [5.74, 6) is 0.536. The second kappa shape index (κ2) is 8.69. The van der Waals surface area contributed by atoms with E-state index in [-0.39, 0.29) is 29.7 Å². The molecule has 0 aromatic rings. The van der Waals surface area contributed by atoms with Crippen LogP contribution in [-0.4, -0.2) is 48.3 Å². The molecule has 7 aliphatic rings. The zero-order chi connectivity index (χ0) is 26.5. The molecule has 14 atom stereocenters. The lowest BCUT2D eigenvalue weighted by Crippen LogP contribution is -2.50. The Kier molecular flexibility index (Phi) is 5.69. The maximum absolute atomic E-state index is 13.9. The first kappa shape index (κ1) is 24.9. The minimum atomic E-state index is -0.706. The van der Waals surface area contributed by atoms with Gasteiger partial charge in [-0.3, -0.25) is 14.4 Å². The van der Waals surface area contributed by atoms with E-state index in [2.05, 4.69) is 6.92 Å². The molecular weight excluding hydrogens is 488 g/mol. The quantitative estimate of drug-likeness (QED) is 0.267. The summed E-state index contributed by atoms with van der Waals surface area (Å²) in [6, 6.07) is 0. The number of esters is 4. The number of carbonyl (C=O) groups is 4. The van der Waals surface area contributed by atoms with Crippen LogP contribution >= 0.6 is 0 Å². The summed E-state index contributed by atoms with van der Waals surface area (Å²) in [7, 11) is 0. The van der Waals surface area contributed by atoms with Crippen LogP contribution in [0.2, 0.25) is 0 Å². The van der Waals surface area contributed by atoms with Crippen molar-refractivity contribution in [3.63, 3.8) is 0 Å². The Hall–Kier alpha value is -2.12. The SMILES string of the molecule is CCC(C)C(=O)OCC(=O)OC1C2CC3C1OC(=O)C3C2C(=O)OC1(CC)CC2CC1C1C2C2CC[C@H]1C2. The van der Waals surface area contributed by atoms with Crippen LogP contribution in [0.5, 0.6) is 0 Å². The first-order valence-corrected chi connectivity index (χ1v) is 15.1. The van der Waals surface area contributed by atoms with Crippen LogP contribution in [-0.2, 0) is 38.1 Å². The van der Waals surface area contributed by atoms with Crippen LogP contribution in [0.4, 0.5) is 0 Å². The number of rotatable bonds is 8. The number of hydrogen-bond acceptors (Lipinski definition) is 8. The molecule has 0 spiro atoms. The van der Waals surface area contributed by atoms with Gasteiger partial charge in [0.05, 0.1) is 17.8 Å². The molecule has 1 saturated heterocycles. The Labute approximate surface area is 223 Å². The molecule has 6 aliphatic carbocycles. The van der Waals surface area contributed by atoms with Crippen LogP contribution < -0.4 is 0 Å². The Morgan fingerprint density at radius 1 is 1.03 bits per heavy atom. The maximum atomic E-state index is 13.9. The van der Waals surface area contributed by atoms with Gasteiger partial charge >= 0.3 is 23.9 Å². The summed E-state index contributed by atoms with van der Waals surface area (Å²) in [4.78, 5) is 51.4. The topological polar surface area (TPSA) is 105 Å². The van der Waals surface area contributed by atoms with Crippen molar-refractivity contribution < 1.29 is 38.1 Å². The van der Waals surface area contributed by atoms with Crippen LogP contribution in [0.25, 0.3) is 0 Å². The average Bonchev–Trinajstić information content (AvgIpc) is 3.74. The van der Waals surface area contributed by atoms with E-state index in [0.717, 1.165) is 30.6 Å². The summed E-state index contributed by atoms with van der Waals surface area (Å²) >= 11 is 0. The van der Waals surface area contributed by atoms with Crippen molar-refractivity contribution >= 4 is 23.9 Å². The van der Waals surface area contributed by atoms with Crippen molar-refractivity contribution in [2.45, 2.75) is 89.9 Å². The van der Waals surface area contributed by atoms with Gasteiger partial charge in [0.15, 0.2) is 6.61 Å². The normalized spacial score (nSPS) is 49.2. The molecule has 6 bridgehead atoms. The molecule has 38 heavy (non-hydrogen) atoms. The zero-order valence-electron chi connectivity index (χ0n) is 22.6. The Bertz CT molecular complexity index is 1050. The van der Waals surface area contributed by atoms with Gasteiger partial charge in [0.2, 0.25) is 0 Å². The van der Waals surface area contributed by atoms with Crippen molar-refractivity contribution in [1.29, 1.82) is 0 Å². The van der Waals surface area contributed by atoms with Crippen LogP contribution in [0.3, 0.4) is 0 Å². The standard InChI is InChI=1S/C30H40O8/c1-4-13(3)27(32)35-12-20(31)36-25-18-10-17-23(28(33)37-26(17)25)24(18)29(34)38-30(5-2)11-16-9-19(30)22-15-7-6-14(8-15)21(16)22/h13-19,21-26H,4-12H2,1-3H3/t13?,14?,15-,16?,17?,18?,19?,21?,22?,23?,24?,25?,26?,30?/m0/s1. The van der Waals surface area contributed by atoms with Crippen LogP contribution in [0.15, 0.2) is 0 Å². The lowest BCUT2D eigenvalue weighted by Gasteiger charge is -2.46. The van der Waals surface area contributed by atoms with Gasteiger partial charge in [0.25, 0.3) is 0 Å². The van der Waals surface area contributed by atoms with Crippen molar-refractivity contribution in [3.8, 4) is 0 Å². The molecule has 0 amide bonds. The van der Waals surface area contributed by atoms with E-state index >= 15 is 0 Å². The van der Waals surface area contributed by atoms with Crippen molar-refractivity contribution in [1.82, 2.24) is 0 Å². The van der Waals surface area contributed by atoms with E-state index in [0.29, 0.717) is 30.6 Å². The number of ether oxygens (including phenoxy) is 4. The summed E-state index contributed by atoms with van der Waals surface area (Å²) in [5, 5.41) is 0. The summed E-state index contributed by atoms with van der Waals surface area (Å²) in [6.45, 7) is 5.28. The number of fused-ring (bicyclic) bond motifs is 10. The van der Waals surface area contributed by atoms with Crippen molar-refractivity contribution in [2.24, 2.45) is 65.1 Å². The largest absolute Gasteiger partial charge is 0.459 e. The summed E-state index contributed by atoms with van der Waals surface area (Å²) in [6.07, 6.45) is 6.96. The molecule has 1 heterocycles. The van der Waals surface area contributed by atoms with Gasteiger partial charge in [0, 0.05) is 17.8 Å². The number of carbonyl (C=O) groups excluding carboxylic acids is 4. The monoisotopic (exact) mass is 528 g/mol. The summed E-state index contributed by atoms with van der Waals surface area (Å²) in [5.41, 5.74) is -0.437. The second-order valence-electron chi connectivity index (χ2n) is 13.5. The highest BCUT2D eigenvalue weighted by atomic mass is 16.6. The maximum Gasteiger partial charge on any atom is 0.344 e. The Morgan fingerprint density at radius 2 is 1.79 bits per heavy atom. The highest BCUT2D eigenvalue weighted by Gasteiger charge is 2.72. The number of hydrogen-bond donors (Lipinski definition) is 0. The molecule has 208 valence electrons. The highest BCUT2D eigenvalue weighted by molar-refractivity contribution is 5.86. The molecule has 7 fully saturated rings. The molecule has 0 radical (unpaired) electrons. The van der Waals surface area contributed by atoms with Crippen molar-refractivity contribution in [3.05, 3.63) is 0 Å². The van der Waals surface area contributed by atoms with E-state index < -0.39 is 48.2 Å². The van der Waals surface area contributed by atoms with Gasteiger partial charge in [0.1, 0.15) is 17.8 Å². The average molecular weight is 529 g/mol. The minimum Gasteiger partial charge on any atom is -0.459 e. The van der Waals surface area contributed by atoms with E-state index in [9.17, 15) is 19.2 Å². The Balaban J connectivity index is 1.06. The zero-order valence-corrected chi connectivity index (χ0v) is 22.6. The molecule has 1 aliphatic heterocycles. The van der Waals surface area contributed by atoms with Gasteiger partial charge in [-0.15, -0.1) is 0 Å². The molecule has 8 heteroatoms. The fourth-order valence-corrected chi connectivity index (χ4v) is 10.7. The first-order chi connectivity index (χ1) is 18.3. The van der Waals surface area contributed by atoms with E-state index in [4.69, 9.17) is 18.9 Å². The molecule has 6 saturated carbocycles. The van der Waals surface area contributed by atoms with Crippen LogP contribution in [0, 0.1) is 65.1 Å². The predicted octanol–water partition coefficient (Wildman–Crippen LogP) is 3.69. The van der Waals surface area contributed by atoms with E-state index in [1.807, 2.05) is 6.92 Å². The lowest BCUT2D eigenvalue weighted by molar-refractivity contribution is -0.186. The van der Waals surface area contributed by atoms with Crippen molar-refractivity contribution in [2.75, 3.05) is 6.61 Å². The smallest absolute Gasteiger partial charge is 0.344 e. The van der Waals surface area contributed by atoms with Gasteiger partial charge in [-0.05, 0) is 81.0 Å². The molecule has 8 nitrogen and oxygen atoms in total. The second-order valence-corrected chi connectivity index (χ2v) is 13.5. The Morgan fingerprint density at radius 3 is 2.53 bits per heavy atom. The van der Waals surface area contributed by atoms with Crippen LogP contribution in [0.1, 0.15) is 72.1 Å². The molecule has 7 rings (SSSR count). The highest BCUT2D eigenvalue weighted by Crippen LogP contribution is 2.71. The minimum absolute atomic E-state index is 0.141. The van der Waals surface area contributed by atoms with Gasteiger partial charge in [-0.25, -0.2) is 4.79 Å². The van der Waals surface area contributed by atoms with E-state index in [1.165, 1.54) is 25.7 Å². The summed E-state index contributed by atoms with van der Waals surface area (Å²) < 4.78 is 23.0. The fourth-order valence-electron chi connectivity index (χ4n) is 10.7. The first-order valence-electron chi connectivity index (χ1n) is 15.1. The van der Waals surface area contributed by atoms with Gasteiger partial charge in [-0.2, -0.15) is 0 Å². The molecule has 13 unspecified atom stereocenters.